The van der Waals surface area contributed by atoms with Crippen LogP contribution in [0, 0.1) is 29.6 Å². The number of quaternary nitrogens is 1. The van der Waals surface area contributed by atoms with Crippen LogP contribution in [-0.4, -0.2) is 241 Å². The van der Waals surface area contributed by atoms with E-state index in [1.165, 1.54) is 70.9 Å². The van der Waals surface area contributed by atoms with Gasteiger partial charge in [-0.3, -0.25) is 82.2 Å². The van der Waals surface area contributed by atoms with Gasteiger partial charge in [-0.15, -0.1) is 0 Å². The molecule has 0 saturated heterocycles. The van der Waals surface area contributed by atoms with Gasteiger partial charge < -0.3 is 107 Å². The molecule has 0 fully saturated rings. The number of aliphatic hydroxyl groups excluding tert-OH is 1. The standard InChI is InChI=1S/C77H110N24O16/c1-40(2)29-54(92-67(109)55(31-44-20-22-47(103)23-21-44)93-68(110)57(33-46-36-84-38-88-46)95-65(107)52(17-13-27-85-76(80)81)90-62(106)37-100-39-89-51-24-19-42(5)30-49(51)73(100)115)66(108)96-58(34-61(79)105)69(111)94-56(32-45-35-87-50-16-12-11-15-48(45)50)70(112)97-63(41(3)4)71(113)98-64(43(6)102)72(114)91-53(18-14-28-86-77(82)83)74(116)99(7)59(25-26-60(78)104)75(117)101(8,9)10/h11-12,15-16,19-24,30,35-36,38-41,43,52-59,63-64,87,102H,13-14,17-18,25-29,31-34,37H2,1-10H3,(H22-,78,79,80,81,82,83,84,85,86,88,90,91,92,93,94,95,96,97,98,103,104,105,106,107,108,109,110,111,112,113,114)/p+1/t43-,52+,53+,54?,55+,56?,57?,58+,59?,63+,64+/m1/s1. The van der Waals surface area contributed by atoms with Crippen molar-refractivity contribution in [3.63, 3.8) is 0 Å². The first kappa shape index (κ1) is 93.0. The Kier molecular flexibility index (Phi) is 34.6. The average molecular weight is 1630 g/mol. The number of nitrogens with zero attached hydrogens (tertiary/aromatic N) is 5. The Hall–Kier alpha value is -12.9. The van der Waals surface area contributed by atoms with Gasteiger partial charge in [-0.25, -0.2) is 14.8 Å². The highest BCUT2D eigenvalue weighted by atomic mass is 16.3. The number of primary amides is 2. The van der Waals surface area contributed by atoms with E-state index in [4.69, 9.17) is 33.8 Å². The number of fused-ring (bicyclic) bond motifs is 2. The van der Waals surface area contributed by atoms with E-state index in [0.29, 0.717) is 27.5 Å². The van der Waals surface area contributed by atoms with Gasteiger partial charge >= 0.3 is 5.91 Å². The number of H-pyrrole nitrogens is 2. The number of hydrogen-bond acceptors (Lipinski definition) is 20. The maximum absolute atomic E-state index is 15.0. The number of guanidine groups is 2. The number of aromatic hydroxyl groups is 1. The predicted octanol–water partition coefficient (Wildman–Crippen LogP) is -3.48. The fourth-order valence-corrected chi connectivity index (χ4v) is 12.8. The number of para-hydroxylation sites is 1. The highest BCUT2D eigenvalue weighted by Crippen LogP contribution is 2.22. The zero-order valence-electron chi connectivity index (χ0n) is 67.2. The first-order valence-corrected chi connectivity index (χ1v) is 38.1. The fourth-order valence-electron chi connectivity index (χ4n) is 12.8. The van der Waals surface area contributed by atoms with Gasteiger partial charge in [-0.05, 0) is 106 Å². The van der Waals surface area contributed by atoms with Crippen LogP contribution in [0.25, 0.3) is 21.8 Å². The monoisotopic (exact) mass is 1630 g/mol. The van der Waals surface area contributed by atoms with Gasteiger partial charge in [-0.1, -0.05) is 69.7 Å². The van der Waals surface area contributed by atoms with Crippen molar-refractivity contribution in [2.24, 2.45) is 34.8 Å². The highest BCUT2D eigenvalue weighted by molar-refractivity contribution is 6.01. The Morgan fingerprint density at radius 2 is 1.13 bits per heavy atom. The lowest BCUT2D eigenvalue weighted by atomic mass is 9.99. The molecule has 3 aromatic carbocycles. The second-order valence-electron chi connectivity index (χ2n) is 30.4. The number of imidazole rings is 1. The number of nitrogens with two attached hydrogens (primary N) is 4. The van der Waals surface area contributed by atoms with Crippen LogP contribution in [0.2, 0.25) is 0 Å². The molecule has 6 aromatic rings. The van der Waals surface area contributed by atoms with Crippen molar-refractivity contribution in [1.29, 1.82) is 10.8 Å². The molecule has 0 aliphatic rings. The summed E-state index contributed by atoms with van der Waals surface area (Å²) in [6.45, 7) is 9.00. The minimum Gasteiger partial charge on any atom is -0.508 e. The lowest BCUT2D eigenvalue weighted by Crippen LogP contribution is -2.63. The van der Waals surface area contributed by atoms with Gasteiger partial charge in [0, 0.05) is 69.1 Å². The third kappa shape index (κ3) is 28.9. The summed E-state index contributed by atoms with van der Waals surface area (Å²) in [6.07, 6.45) is 1.38. The molecule has 11 atom stereocenters. The van der Waals surface area contributed by atoms with Gasteiger partial charge in [-0.2, -0.15) is 0 Å². The normalized spacial score (nSPS) is 14.2. The number of aromatic amines is 2. The number of hydrogen-bond donors (Lipinski definition) is 21. The molecule has 0 aliphatic carbocycles. The van der Waals surface area contributed by atoms with Crippen LogP contribution in [0.5, 0.6) is 5.75 Å². The van der Waals surface area contributed by atoms with E-state index in [2.05, 4.69) is 78.4 Å². The highest BCUT2D eigenvalue weighted by Gasteiger charge is 2.42. The zero-order valence-corrected chi connectivity index (χ0v) is 67.2. The number of phenolic OH excluding ortho intramolecular Hbond substituents is 1. The van der Waals surface area contributed by atoms with E-state index >= 15 is 9.59 Å². The van der Waals surface area contributed by atoms with Gasteiger partial charge in [0.05, 0.1) is 62.9 Å². The summed E-state index contributed by atoms with van der Waals surface area (Å²) in [7, 11) is 5.98. The summed E-state index contributed by atoms with van der Waals surface area (Å²) in [5, 5.41) is 66.3. The molecule has 3 aromatic heterocycles. The molecule has 6 rings (SSSR count). The van der Waals surface area contributed by atoms with Crippen molar-refractivity contribution in [2.45, 2.75) is 185 Å². The van der Waals surface area contributed by atoms with Crippen molar-refractivity contribution in [2.75, 3.05) is 41.3 Å². The fraction of sp³-hybridized carbons (Fsp3) is 0.481. The maximum Gasteiger partial charge on any atom is 0.335 e. The Morgan fingerprint density at radius 3 is 1.70 bits per heavy atom. The quantitative estimate of drug-likeness (QED) is 0.00764. The number of rotatable bonds is 45. The molecule has 0 saturated carbocycles. The number of nitrogens with one attached hydrogen (secondary N) is 15. The Bertz CT molecular complexity index is 4600. The van der Waals surface area contributed by atoms with Crippen LogP contribution in [0.4, 0.5) is 0 Å². The van der Waals surface area contributed by atoms with Gasteiger partial charge in [0.25, 0.3) is 5.56 Å². The molecule has 0 aliphatic heterocycles. The number of benzene rings is 3. The van der Waals surface area contributed by atoms with Crippen LogP contribution < -0.4 is 87.0 Å². The second kappa shape index (κ2) is 43.6. The van der Waals surface area contributed by atoms with Crippen LogP contribution in [0.1, 0.15) is 108 Å². The number of aliphatic hydroxyl groups is 1. The minimum absolute atomic E-state index is 0.0504. The molecule has 25 N–H and O–H groups in total. The molecule has 13 amide bonds. The Balaban J connectivity index is 1.27. The van der Waals surface area contributed by atoms with Crippen molar-refractivity contribution in [3.8, 4) is 5.75 Å². The average Bonchev–Trinajstić information content (AvgIpc) is 1.67. The number of phenols is 1. The van der Waals surface area contributed by atoms with Gasteiger partial charge in [0.2, 0.25) is 70.9 Å². The van der Waals surface area contributed by atoms with Crippen molar-refractivity contribution < 1.29 is 77.0 Å². The summed E-state index contributed by atoms with van der Waals surface area (Å²) in [5.41, 5.74) is 24.6. The van der Waals surface area contributed by atoms with E-state index in [1.54, 1.807) is 90.6 Å². The topological polar surface area (TPSA) is 629 Å². The van der Waals surface area contributed by atoms with E-state index in [1.807, 2.05) is 0 Å². The summed E-state index contributed by atoms with van der Waals surface area (Å²) >= 11 is 0. The van der Waals surface area contributed by atoms with Crippen molar-refractivity contribution in [1.82, 2.24) is 87.9 Å². The maximum atomic E-state index is 15.0. The second-order valence-corrected chi connectivity index (χ2v) is 30.4. The summed E-state index contributed by atoms with van der Waals surface area (Å²) < 4.78 is 0.793. The summed E-state index contributed by atoms with van der Waals surface area (Å²) in [5.74, 6) is -14.3. The van der Waals surface area contributed by atoms with Gasteiger partial charge in [0.15, 0.2) is 11.9 Å². The lowest BCUT2D eigenvalue weighted by molar-refractivity contribution is -0.793. The molecule has 0 bridgehead atoms. The van der Waals surface area contributed by atoms with E-state index < -0.39 is 174 Å². The molecule has 3 heterocycles. The minimum atomic E-state index is -1.89. The smallest absolute Gasteiger partial charge is 0.335 e. The number of carbonyl (C=O) groups is 13. The number of carbonyl (C=O) groups excluding carboxylic acids is 13. The molecule has 40 heteroatoms. The zero-order chi connectivity index (χ0) is 86.7. The SMILES string of the molecule is Cc1ccc2ncn(CC(=O)N[C@@H](CCCNC(=N)N)C(=O)NC(Cc3c[nH]cn3)C(=O)N[C@@H](Cc3ccc(O)cc3)C(=O)NC(CC(C)C)C(=O)N[C@@H](CC(N)=O)C(=O)NC(Cc3c[nH]c4ccccc34)C(=O)N[C@H](C(=O)N[C@H](C(=O)N[C@@H](CCCNC(=N)N)C(=O)N(C)C(CCC(N)=O)C(=O)[N+](C)(C)C)[C@@H](C)O)C(C)C)c(=O)c2c1. The predicted molar refractivity (Wildman–Crippen MR) is 430 cm³/mol. The van der Waals surface area contributed by atoms with Crippen LogP contribution in [0.15, 0.2) is 96.6 Å². The van der Waals surface area contributed by atoms with Crippen LogP contribution in [0.3, 0.4) is 0 Å². The number of amides is 13. The molecule has 634 valence electrons. The van der Waals surface area contributed by atoms with E-state index in [-0.39, 0.29) is 111 Å². The molecule has 117 heavy (non-hydrogen) atoms. The Morgan fingerprint density at radius 1 is 0.590 bits per heavy atom. The number of aryl methyl sites for hydroxylation is 1. The van der Waals surface area contributed by atoms with Crippen LogP contribution in [-0.2, 0) is 88.1 Å². The van der Waals surface area contributed by atoms with E-state index in [9.17, 15) is 67.7 Å². The largest absolute Gasteiger partial charge is 0.508 e. The summed E-state index contributed by atoms with van der Waals surface area (Å²) in [4.78, 5) is 215. The third-order valence-electron chi connectivity index (χ3n) is 19.0. The van der Waals surface area contributed by atoms with Crippen molar-refractivity contribution >= 4 is 111 Å². The molecule has 0 radical (unpaired) electrons. The lowest BCUT2D eigenvalue weighted by Gasteiger charge is -2.34. The number of aromatic nitrogens is 5. The molecule has 4 unspecified atom stereocenters. The molecule has 0 spiro atoms. The molecular formula is C77H111N24O16+. The first-order chi connectivity index (χ1) is 55.1. The molecule has 40 nitrogen and oxygen atoms in total. The first-order valence-electron chi connectivity index (χ1n) is 38.1. The van der Waals surface area contributed by atoms with Crippen molar-refractivity contribution in [3.05, 3.63) is 125 Å². The summed E-state index contributed by atoms with van der Waals surface area (Å²) in [6, 6.07) is 1.77. The Labute approximate surface area is 675 Å². The number of likely N-dealkylation sites (N-methyl/N-ethyl adjacent to an activating group) is 2. The molecular weight excluding hydrogens is 1520 g/mol. The van der Waals surface area contributed by atoms with Gasteiger partial charge in [0.1, 0.15) is 72.7 Å². The van der Waals surface area contributed by atoms with Crippen LogP contribution >= 0.6 is 0 Å². The van der Waals surface area contributed by atoms with E-state index in [0.717, 1.165) is 15.0 Å². The third-order valence-corrected chi connectivity index (χ3v) is 19.0.